The molecule has 100 valence electrons. The highest BCUT2D eigenvalue weighted by Gasteiger charge is 2.21. The first kappa shape index (κ1) is 12.2. The van der Waals surface area contributed by atoms with E-state index in [2.05, 4.69) is 26.4 Å². The number of H-pyrrole nitrogens is 1. The van der Waals surface area contributed by atoms with E-state index in [0.29, 0.717) is 0 Å². The Labute approximate surface area is 109 Å². The van der Waals surface area contributed by atoms with Crippen LogP contribution in [0, 0.1) is 0 Å². The molecule has 1 saturated carbocycles. The van der Waals surface area contributed by atoms with Crippen LogP contribution < -0.4 is 5.32 Å². The first-order chi connectivity index (χ1) is 8.92. The Morgan fingerprint density at radius 1 is 1.28 bits per heavy atom. The summed E-state index contributed by atoms with van der Waals surface area (Å²) < 4.78 is 0. The second kappa shape index (κ2) is 5.85. The molecule has 18 heavy (non-hydrogen) atoms. The van der Waals surface area contributed by atoms with Gasteiger partial charge in [-0.15, -0.1) is 0 Å². The Morgan fingerprint density at radius 2 is 2.11 bits per heavy atom. The number of hydrogen-bond acceptors (Lipinski definition) is 3. The third-order valence-corrected chi connectivity index (χ3v) is 4.29. The van der Waals surface area contributed by atoms with Gasteiger partial charge in [-0.3, -0.25) is 0 Å². The molecular formula is C14H24N4. The van der Waals surface area contributed by atoms with Crippen molar-refractivity contribution in [1.82, 2.24) is 20.2 Å². The summed E-state index contributed by atoms with van der Waals surface area (Å²) in [5.74, 6) is 1.96. The lowest BCUT2D eigenvalue weighted by molar-refractivity contribution is 0.238. The Balaban J connectivity index is 1.40. The monoisotopic (exact) mass is 248 g/mol. The molecule has 1 aromatic heterocycles. The number of imidazole rings is 1. The molecule has 4 heteroatoms. The second-order valence-corrected chi connectivity index (χ2v) is 5.61. The van der Waals surface area contributed by atoms with Crippen molar-refractivity contribution in [2.45, 2.75) is 38.0 Å². The minimum Gasteiger partial charge on any atom is -0.346 e. The average Bonchev–Trinajstić information content (AvgIpc) is 2.77. The normalized spacial score (nSPS) is 22.0. The summed E-state index contributed by atoms with van der Waals surface area (Å²) in [5.41, 5.74) is 1.37. The fraction of sp³-hybridized carbons (Fsp3) is 0.786. The predicted molar refractivity (Wildman–Crippen MR) is 72.8 cm³/mol. The van der Waals surface area contributed by atoms with Crippen LogP contribution in [0.15, 0.2) is 6.20 Å². The van der Waals surface area contributed by atoms with E-state index < -0.39 is 0 Å². The minimum absolute atomic E-state index is 0.777. The lowest BCUT2D eigenvalue weighted by Gasteiger charge is -2.26. The molecule has 2 fully saturated rings. The number of nitrogens with one attached hydrogen (secondary N) is 2. The third kappa shape index (κ3) is 2.93. The molecule has 0 bridgehead atoms. The van der Waals surface area contributed by atoms with Crippen LogP contribution >= 0.6 is 0 Å². The van der Waals surface area contributed by atoms with Gasteiger partial charge in [-0.05, 0) is 25.8 Å². The maximum absolute atomic E-state index is 4.52. The van der Waals surface area contributed by atoms with Crippen molar-refractivity contribution in [2.75, 3.05) is 32.7 Å². The zero-order valence-corrected chi connectivity index (χ0v) is 11.1. The molecule has 0 amide bonds. The number of aryl methyl sites for hydroxylation is 1. The standard InChI is InChI=1S/C14H24N4/c1-3-12(4-1)13-11-16-14(17-13)5-2-8-18-9-6-15-7-10-18/h11-12,15H,1-10H2,(H,16,17). The second-order valence-electron chi connectivity index (χ2n) is 5.61. The topological polar surface area (TPSA) is 44.0 Å². The molecule has 2 heterocycles. The first-order valence-electron chi connectivity index (χ1n) is 7.38. The van der Waals surface area contributed by atoms with Gasteiger partial charge in [0.25, 0.3) is 0 Å². The average molecular weight is 248 g/mol. The van der Waals surface area contributed by atoms with Gasteiger partial charge in [0.1, 0.15) is 5.82 Å². The van der Waals surface area contributed by atoms with Crippen LogP contribution in [0.1, 0.15) is 43.1 Å². The van der Waals surface area contributed by atoms with Crippen molar-refractivity contribution >= 4 is 0 Å². The lowest BCUT2D eigenvalue weighted by atomic mass is 9.83. The van der Waals surface area contributed by atoms with E-state index in [1.54, 1.807) is 0 Å². The number of rotatable bonds is 5. The van der Waals surface area contributed by atoms with Crippen LogP contribution in [-0.2, 0) is 6.42 Å². The molecule has 1 aliphatic carbocycles. The number of aromatic amines is 1. The fourth-order valence-electron chi connectivity index (χ4n) is 2.84. The van der Waals surface area contributed by atoms with Gasteiger partial charge in [0.2, 0.25) is 0 Å². The van der Waals surface area contributed by atoms with E-state index in [1.165, 1.54) is 56.8 Å². The van der Waals surface area contributed by atoms with Gasteiger partial charge in [0.05, 0.1) is 0 Å². The van der Waals surface area contributed by atoms with Crippen LogP contribution in [0.4, 0.5) is 0 Å². The van der Waals surface area contributed by atoms with Crippen molar-refractivity contribution < 1.29 is 0 Å². The van der Waals surface area contributed by atoms with Crippen LogP contribution in [0.3, 0.4) is 0 Å². The quantitative estimate of drug-likeness (QED) is 0.830. The fourth-order valence-corrected chi connectivity index (χ4v) is 2.84. The Bertz CT molecular complexity index is 364. The molecule has 0 atom stereocenters. The van der Waals surface area contributed by atoms with Gasteiger partial charge in [-0.1, -0.05) is 6.42 Å². The summed E-state index contributed by atoms with van der Waals surface area (Å²) in [6.45, 7) is 5.90. The molecule has 1 aromatic rings. The zero-order valence-electron chi connectivity index (χ0n) is 11.1. The predicted octanol–water partition coefficient (Wildman–Crippen LogP) is 1.51. The summed E-state index contributed by atoms with van der Waals surface area (Å²) in [4.78, 5) is 10.6. The van der Waals surface area contributed by atoms with Gasteiger partial charge in [0, 0.05) is 50.4 Å². The Kier molecular flexibility index (Phi) is 3.96. The molecule has 4 nitrogen and oxygen atoms in total. The van der Waals surface area contributed by atoms with Gasteiger partial charge < -0.3 is 15.2 Å². The lowest BCUT2D eigenvalue weighted by Crippen LogP contribution is -2.43. The highest BCUT2D eigenvalue weighted by Crippen LogP contribution is 2.35. The third-order valence-electron chi connectivity index (χ3n) is 4.29. The number of hydrogen-bond donors (Lipinski definition) is 2. The van der Waals surface area contributed by atoms with Gasteiger partial charge in [-0.25, -0.2) is 4.98 Å². The highest BCUT2D eigenvalue weighted by atomic mass is 15.2. The molecule has 1 aliphatic heterocycles. The SMILES string of the molecule is c1nc(CCCN2CCNCC2)[nH]c1C1CCC1. The van der Waals surface area contributed by atoms with Gasteiger partial charge >= 0.3 is 0 Å². The Morgan fingerprint density at radius 3 is 2.83 bits per heavy atom. The van der Waals surface area contributed by atoms with E-state index in [0.717, 1.165) is 25.4 Å². The molecule has 0 radical (unpaired) electrons. The molecule has 0 spiro atoms. The van der Waals surface area contributed by atoms with Crippen molar-refractivity contribution in [2.24, 2.45) is 0 Å². The smallest absolute Gasteiger partial charge is 0.106 e. The molecule has 3 rings (SSSR count). The van der Waals surface area contributed by atoms with E-state index in [1.807, 2.05) is 0 Å². The molecular weight excluding hydrogens is 224 g/mol. The van der Waals surface area contributed by atoms with E-state index in [9.17, 15) is 0 Å². The minimum atomic E-state index is 0.777. The van der Waals surface area contributed by atoms with Gasteiger partial charge in [-0.2, -0.15) is 0 Å². The van der Waals surface area contributed by atoms with E-state index >= 15 is 0 Å². The van der Waals surface area contributed by atoms with Crippen LogP contribution in [0.5, 0.6) is 0 Å². The number of nitrogens with zero attached hydrogens (tertiary/aromatic N) is 2. The number of aromatic nitrogens is 2. The summed E-state index contributed by atoms with van der Waals surface area (Å²) in [7, 11) is 0. The summed E-state index contributed by atoms with van der Waals surface area (Å²) >= 11 is 0. The maximum atomic E-state index is 4.52. The number of piperazine rings is 1. The van der Waals surface area contributed by atoms with Crippen molar-refractivity contribution in [3.05, 3.63) is 17.7 Å². The van der Waals surface area contributed by atoms with Crippen LogP contribution in [-0.4, -0.2) is 47.6 Å². The van der Waals surface area contributed by atoms with Crippen LogP contribution in [0.2, 0.25) is 0 Å². The molecule has 0 unspecified atom stereocenters. The summed E-state index contributed by atoms with van der Waals surface area (Å²) in [5, 5.41) is 3.39. The molecule has 0 aromatic carbocycles. The van der Waals surface area contributed by atoms with E-state index in [4.69, 9.17) is 0 Å². The first-order valence-corrected chi connectivity index (χ1v) is 7.38. The Hall–Kier alpha value is -0.870. The van der Waals surface area contributed by atoms with Gasteiger partial charge in [0.15, 0.2) is 0 Å². The van der Waals surface area contributed by atoms with Crippen molar-refractivity contribution in [1.29, 1.82) is 0 Å². The molecule has 2 N–H and O–H groups in total. The molecule has 1 saturated heterocycles. The molecule has 2 aliphatic rings. The summed E-state index contributed by atoms with van der Waals surface area (Å²) in [6.07, 6.45) is 8.46. The van der Waals surface area contributed by atoms with Crippen molar-refractivity contribution in [3.63, 3.8) is 0 Å². The largest absolute Gasteiger partial charge is 0.346 e. The van der Waals surface area contributed by atoms with Crippen molar-refractivity contribution in [3.8, 4) is 0 Å². The highest BCUT2D eigenvalue weighted by molar-refractivity contribution is 5.10. The summed E-state index contributed by atoms with van der Waals surface area (Å²) in [6, 6.07) is 0. The van der Waals surface area contributed by atoms with Crippen LogP contribution in [0.25, 0.3) is 0 Å². The maximum Gasteiger partial charge on any atom is 0.106 e. The van der Waals surface area contributed by atoms with E-state index in [-0.39, 0.29) is 0 Å². The zero-order chi connectivity index (χ0) is 12.2.